The summed E-state index contributed by atoms with van der Waals surface area (Å²) in [6.07, 6.45) is 6.86. The van der Waals surface area contributed by atoms with Crippen LogP contribution < -0.4 is 16.4 Å². The van der Waals surface area contributed by atoms with Gasteiger partial charge in [0.2, 0.25) is 11.8 Å². The van der Waals surface area contributed by atoms with Crippen LogP contribution in [-0.2, 0) is 9.59 Å². The van der Waals surface area contributed by atoms with Crippen LogP contribution in [0.5, 0.6) is 0 Å². The molecular weight excluding hydrogens is 314 g/mol. The van der Waals surface area contributed by atoms with Gasteiger partial charge in [0.25, 0.3) is 0 Å². The maximum atomic E-state index is 11.9. The molecule has 25 heavy (non-hydrogen) atoms. The minimum atomic E-state index is -0.303. The van der Waals surface area contributed by atoms with Gasteiger partial charge in [0.05, 0.1) is 6.04 Å². The molecule has 4 N–H and O–H groups in total. The third-order valence-electron chi connectivity index (χ3n) is 6.54. The van der Waals surface area contributed by atoms with E-state index in [0.29, 0.717) is 37.3 Å². The molecule has 0 bridgehead atoms. The van der Waals surface area contributed by atoms with Gasteiger partial charge in [-0.25, -0.2) is 0 Å². The van der Waals surface area contributed by atoms with Gasteiger partial charge >= 0.3 is 0 Å². The van der Waals surface area contributed by atoms with E-state index in [9.17, 15) is 9.59 Å². The molecule has 0 spiro atoms. The van der Waals surface area contributed by atoms with Crippen LogP contribution in [-0.4, -0.2) is 30.4 Å². The van der Waals surface area contributed by atoms with Gasteiger partial charge in [0.15, 0.2) is 0 Å². The fourth-order valence-corrected chi connectivity index (χ4v) is 4.16. The molecule has 0 aromatic rings. The molecule has 2 aliphatic rings. The number of nitrogens with two attached hydrogens (primary N) is 1. The topological polar surface area (TPSA) is 84.2 Å². The van der Waals surface area contributed by atoms with Gasteiger partial charge in [0.1, 0.15) is 0 Å². The molecule has 1 saturated carbocycles. The summed E-state index contributed by atoms with van der Waals surface area (Å²) in [5.41, 5.74) is 7.50. The Kier molecular flexibility index (Phi) is 6.80. The molecule has 2 rings (SSSR count). The van der Waals surface area contributed by atoms with E-state index < -0.39 is 0 Å². The smallest absolute Gasteiger partial charge is 0.243 e. The lowest BCUT2D eigenvalue weighted by Gasteiger charge is -2.42. The van der Waals surface area contributed by atoms with Crippen molar-refractivity contribution < 1.29 is 9.59 Å². The van der Waals surface area contributed by atoms with E-state index in [1.54, 1.807) is 0 Å². The number of piperidine rings is 1. The molecule has 1 saturated heterocycles. The first-order chi connectivity index (χ1) is 11.7. The minimum absolute atomic E-state index is 0.00636. The Morgan fingerprint density at radius 1 is 1.32 bits per heavy atom. The zero-order valence-corrected chi connectivity index (χ0v) is 16.1. The van der Waals surface area contributed by atoms with Gasteiger partial charge < -0.3 is 11.1 Å². The molecular formula is C20H35N3O2. The first-order valence-corrected chi connectivity index (χ1v) is 9.75. The summed E-state index contributed by atoms with van der Waals surface area (Å²) < 4.78 is 0. The number of amides is 2. The van der Waals surface area contributed by atoms with Gasteiger partial charge in [-0.15, -0.1) is 0 Å². The highest BCUT2D eigenvalue weighted by Gasteiger charge is 2.37. The zero-order chi connectivity index (χ0) is 18.6. The number of hydrogen-bond acceptors (Lipinski definition) is 4. The molecule has 2 fully saturated rings. The average Bonchev–Trinajstić information content (AvgIpc) is 2.55. The molecule has 0 radical (unpaired) electrons. The van der Waals surface area contributed by atoms with Crippen molar-refractivity contribution in [2.24, 2.45) is 23.0 Å². The predicted molar refractivity (Wildman–Crippen MR) is 101 cm³/mol. The summed E-state index contributed by atoms with van der Waals surface area (Å²) in [6, 6.07) is -0.00878. The van der Waals surface area contributed by atoms with Crippen LogP contribution in [0.25, 0.3) is 0 Å². The van der Waals surface area contributed by atoms with Crippen molar-refractivity contribution >= 4 is 11.8 Å². The third kappa shape index (κ3) is 4.91. The average molecular weight is 350 g/mol. The second-order valence-electron chi connectivity index (χ2n) is 8.47. The number of carbonyl (C=O) groups is 2. The van der Waals surface area contributed by atoms with Crippen molar-refractivity contribution in [3.63, 3.8) is 0 Å². The molecule has 1 heterocycles. The Hall–Kier alpha value is -1.20. The van der Waals surface area contributed by atoms with E-state index in [2.05, 4.69) is 38.0 Å². The lowest BCUT2D eigenvalue weighted by atomic mass is 9.65. The van der Waals surface area contributed by atoms with Crippen molar-refractivity contribution in [3.8, 4) is 0 Å². The van der Waals surface area contributed by atoms with Gasteiger partial charge in [0, 0.05) is 19.0 Å². The number of nitrogens with one attached hydrogen (secondary N) is 2. The molecule has 0 aromatic heterocycles. The largest absolute Gasteiger partial charge is 0.327 e. The number of carbonyl (C=O) groups excluding carboxylic acids is 2. The summed E-state index contributed by atoms with van der Waals surface area (Å²) in [5, 5.41) is 5.71. The van der Waals surface area contributed by atoms with Crippen molar-refractivity contribution in [1.82, 2.24) is 10.6 Å². The maximum absolute atomic E-state index is 11.9. The van der Waals surface area contributed by atoms with Crippen molar-refractivity contribution in [3.05, 3.63) is 12.2 Å². The zero-order valence-electron chi connectivity index (χ0n) is 16.1. The monoisotopic (exact) mass is 349 g/mol. The van der Waals surface area contributed by atoms with E-state index in [4.69, 9.17) is 5.73 Å². The van der Waals surface area contributed by atoms with Crippen LogP contribution in [0.2, 0.25) is 0 Å². The summed E-state index contributed by atoms with van der Waals surface area (Å²) in [5.74, 6) is 0.607. The minimum Gasteiger partial charge on any atom is -0.327 e. The van der Waals surface area contributed by atoms with E-state index in [-0.39, 0.29) is 23.3 Å². The highest BCUT2D eigenvalue weighted by atomic mass is 16.2. The van der Waals surface area contributed by atoms with Crippen molar-refractivity contribution in [2.75, 3.05) is 6.54 Å². The van der Waals surface area contributed by atoms with Gasteiger partial charge in [-0.3, -0.25) is 14.9 Å². The Morgan fingerprint density at radius 2 is 2.00 bits per heavy atom. The van der Waals surface area contributed by atoms with Crippen LogP contribution in [0, 0.1) is 17.3 Å². The molecule has 2 amide bonds. The first-order valence-electron chi connectivity index (χ1n) is 9.75. The molecule has 5 heteroatoms. The number of hydrogen-bond donors (Lipinski definition) is 3. The Labute approximate surface area is 152 Å². The Morgan fingerprint density at radius 3 is 2.60 bits per heavy atom. The highest BCUT2D eigenvalue weighted by Crippen LogP contribution is 2.43. The molecule has 0 aromatic carbocycles. The fourth-order valence-electron chi connectivity index (χ4n) is 4.16. The van der Waals surface area contributed by atoms with E-state index in [1.165, 1.54) is 19.3 Å². The molecule has 142 valence electrons. The first kappa shape index (κ1) is 20.1. The van der Waals surface area contributed by atoms with Crippen LogP contribution >= 0.6 is 0 Å². The summed E-state index contributed by atoms with van der Waals surface area (Å²) in [4.78, 5) is 23.2. The fraction of sp³-hybridized carbons (Fsp3) is 0.800. The normalized spacial score (nSPS) is 30.0. The lowest BCUT2D eigenvalue weighted by molar-refractivity contribution is -0.134. The van der Waals surface area contributed by atoms with Crippen LogP contribution in [0.4, 0.5) is 0 Å². The van der Waals surface area contributed by atoms with Crippen LogP contribution in [0.1, 0.15) is 65.7 Å². The summed E-state index contributed by atoms with van der Waals surface area (Å²) >= 11 is 0. The number of imide groups is 1. The third-order valence-corrected chi connectivity index (χ3v) is 6.54. The van der Waals surface area contributed by atoms with E-state index in [1.807, 2.05) is 0 Å². The SMILES string of the molecule is C=C(CNC1CCC(=O)NC1=O)[C@](C)(C[C@H]1CCCC[C@@H]1N)C(C)C. The second kappa shape index (κ2) is 8.45. The van der Waals surface area contributed by atoms with Gasteiger partial charge in [-0.2, -0.15) is 0 Å². The molecule has 4 atom stereocenters. The lowest BCUT2D eigenvalue weighted by Crippen LogP contribution is -2.51. The summed E-state index contributed by atoms with van der Waals surface area (Å²) in [7, 11) is 0. The molecule has 1 unspecified atom stereocenters. The Bertz CT molecular complexity index is 517. The van der Waals surface area contributed by atoms with Crippen LogP contribution in [0.3, 0.4) is 0 Å². The molecule has 1 aliphatic heterocycles. The summed E-state index contributed by atoms with van der Waals surface area (Å²) in [6.45, 7) is 11.7. The van der Waals surface area contributed by atoms with Crippen LogP contribution in [0.15, 0.2) is 12.2 Å². The van der Waals surface area contributed by atoms with Gasteiger partial charge in [-0.05, 0) is 42.9 Å². The number of rotatable bonds is 7. The van der Waals surface area contributed by atoms with Crippen molar-refractivity contribution in [1.29, 1.82) is 0 Å². The van der Waals surface area contributed by atoms with E-state index >= 15 is 0 Å². The van der Waals surface area contributed by atoms with Crippen molar-refractivity contribution in [2.45, 2.75) is 77.8 Å². The highest BCUT2D eigenvalue weighted by molar-refractivity contribution is 6.00. The molecule has 1 aliphatic carbocycles. The predicted octanol–water partition coefficient (Wildman–Crippen LogP) is 2.51. The standard InChI is InChI=1S/C20H35N3O2/c1-13(2)20(4,11-15-7-5-6-8-16(15)21)14(3)12-22-17-9-10-18(24)23-19(17)25/h13,15-17,22H,3,5-12,21H2,1-2,4H3,(H,23,24,25)/t15-,16+,17?,20-/m1/s1. The van der Waals surface area contributed by atoms with Gasteiger partial charge in [-0.1, -0.05) is 45.8 Å². The quantitative estimate of drug-likeness (QED) is 0.487. The molecule has 5 nitrogen and oxygen atoms in total. The maximum Gasteiger partial charge on any atom is 0.243 e. The second-order valence-corrected chi connectivity index (χ2v) is 8.47. The van der Waals surface area contributed by atoms with E-state index in [0.717, 1.165) is 18.4 Å². The Balaban J connectivity index is 1.96.